The van der Waals surface area contributed by atoms with E-state index < -0.39 is 0 Å². The van der Waals surface area contributed by atoms with Crippen molar-refractivity contribution in [1.29, 1.82) is 0 Å². The Hall–Kier alpha value is -1.31. The van der Waals surface area contributed by atoms with Crippen molar-refractivity contribution in [1.82, 2.24) is 4.90 Å². The summed E-state index contributed by atoms with van der Waals surface area (Å²) in [5.74, 6) is 5.80. The highest BCUT2D eigenvalue weighted by molar-refractivity contribution is 7.12. The van der Waals surface area contributed by atoms with Crippen LogP contribution in [0.1, 0.15) is 41.9 Å². The molecule has 0 bridgehead atoms. The predicted octanol–water partition coefficient (Wildman–Crippen LogP) is 2.32. The summed E-state index contributed by atoms with van der Waals surface area (Å²) in [6.07, 6.45) is 1.93. The molecule has 1 amide bonds. The zero-order chi connectivity index (χ0) is 13.5. The second-order valence-electron chi connectivity index (χ2n) is 4.06. The molecule has 0 fully saturated rings. The topological polar surface area (TPSA) is 46.3 Å². The van der Waals surface area contributed by atoms with Crippen LogP contribution < -0.4 is 5.73 Å². The second-order valence-corrected chi connectivity index (χ2v) is 4.97. The first kappa shape index (κ1) is 14.7. The smallest absolute Gasteiger partial charge is 0.265 e. The molecular formula is C14H20N2OS. The van der Waals surface area contributed by atoms with Gasteiger partial charge in [0.2, 0.25) is 0 Å². The van der Waals surface area contributed by atoms with E-state index in [-0.39, 0.29) is 11.9 Å². The third kappa shape index (κ3) is 3.34. The maximum atomic E-state index is 12.4. The molecule has 0 atom stereocenters. The van der Waals surface area contributed by atoms with E-state index >= 15 is 0 Å². The molecule has 0 saturated heterocycles. The van der Waals surface area contributed by atoms with Gasteiger partial charge in [-0.05, 0) is 24.3 Å². The molecule has 0 saturated carbocycles. The van der Waals surface area contributed by atoms with Crippen LogP contribution >= 0.6 is 11.3 Å². The zero-order valence-corrected chi connectivity index (χ0v) is 12.0. The lowest BCUT2D eigenvalue weighted by Crippen LogP contribution is -2.36. The highest BCUT2D eigenvalue weighted by Crippen LogP contribution is 2.20. The number of hydrogen-bond donors (Lipinski definition) is 1. The summed E-state index contributed by atoms with van der Waals surface area (Å²) in [5.41, 5.74) is 6.14. The van der Waals surface area contributed by atoms with Gasteiger partial charge in [0.25, 0.3) is 5.91 Å². The van der Waals surface area contributed by atoms with Crippen LogP contribution in [-0.4, -0.2) is 30.4 Å². The number of nitrogens with zero attached hydrogens (tertiary/aromatic N) is 1. The summed E-state index contributed by atoms with van der Waals surface area (Å²) in [5, 5.41) is 1.90. The van der Waals surface area contributed by atoms with Gasteiger partial charge in [0.1, 0.15) is 4.88 Å². The van der Waals surface area contributed by atoms with Crippen molar-refractivity contribution in [2.45, 2.75) is 32.7 Å². The number of carbonyl (C=O) groups excluding carboxylic acids is 1. The van der Waals surface area contributed by atoms with Gasteiger partial charge >= 0.3 is 0 Å². The van der Waals surface area contributed by atoms with Gasteiger partial charge in [0.05, 0.1) is 6.54 Å². The molecule has 0 aliphatic rings. The number of hydrogen-bond acceptors (Lipinski definition) is 3. The third-order valence-corrected chi connectivity index (χ3v) is 3.90. The maximum absolute atomic E-state index is 12.4. The van der Waals surface area contributed by atoms with E-state index in [1.165, 1.54) is 11.3 Å². The van der Waals surface area contributed by atoms with Crippen LogP contribution in [0.4, 0.5) is 0 Å². The molecule has 0 aromatic carbocycles. The Morgan fingerprint density at radius 3 is 2.72 bits per heavy atom. The van der Waals surface area contributed by atoms with Crippen molar-refractivity contribution >= 4 is 17.2 Å². The van der Waals surface area contributed by atoms with Crippen molar-refractivity contribution in [2.75, 3.05) is 13.6 Å². The fourth-order valence-corrected chi connectivity index (χ4v) is 2.71. The molecule has 1 aromatic heterocycles. The minimum atomic E-state index is 0.0556. The van der Waals surface area contributed by atoms with Gasteiger partial charge in [-0.1, -0.05) is 25.7 Å². The zero-order valence-electron chi connectivity index (χ0n) is 11.2. The largest absolute Gasteiger partial charge is 0.338 e. The van der Waals surface area contributed by atoms with Gasteiger partial charge in [-0.15, -0.1) is 11.3 Å². The van der Waals surface area contributed by atoms with Crippen LogP contribution in [0.3, 0.4) is 0 Å². The molecule has 0 radical (unpaired) electrons. The molecule has 2 N–H and O–H groups in total. The second kappa shape index (κ2) is 7.20. The highest BCUT2D eigenvalue weighted by atomic mass is 32.1. The predicted molar refractivity (Wildman–Crippen MR) is 76.7 cm³/mol. The van der Waals surface area contributed by atoms with Crippen molar-refractivity contribution in [3.05, 3.63) is 21.9 Å². The summed E-state index contributed by atoms with van der Waals surface area (Å²) in [7, 11) is 1.86. The van der Waals surface area contributed by atoms with Crippen LogP contribution in [0, 0.1) is 11.8 Å². The van der Waals surface area contributed by atoms with E-state index in [2.05, 4.69) is 25.7 Å². The Kier molecular flexibility index (Phi) is 5.90. The van der Waals surface area contributed by atoms with Crippen LogP contribution in [0.5, 0.6) is 0 Å². The third-order valence-electron chi connectivity index (χ3n) is 3.00. The number of amides is 1. The van der Waals surface area contributed by atoms with Gasteiger partial charge < -0.3 is 10.6 Å². The lowest BCUT2D eigenvalue weighted by atomic mass is 10.1. The van der Waals surface area contributed by atoms with Crippen molar-refractivity contribution in [2.24, 2.45) is 5.73 Å². The van der Waals surface area contributed by atoms with Gasteiger partial charge in [0.15, 0.2) is 0 Å². The molecular weight excluding hydrogens is 244 g/mol. The highest BCUT2D eigenvalue weighted by Gasteiger charge is 2.21. The summed E-state index contributed by atoms with van der Waals surface area (Å²) in [4.78, 5) is 14.9. The summed E-state index contributed by atoms with van der Waals surface area (Å²) < 4.78 is 0. The SMILES string of the molecule is CCC(CC)N(C)C(=O)c1sccc1C#CCN. The van der Waals surface area contributed by atoms with E-state index in [1.54, 1.807) is 0 Å². The van der Waals surface area contributed by atoms with Crippen LogP contribution in [0.2, 0.25) is 0 Å². The van der Waals surface area contributed by atoms with Crippen molar-refractivity contribution < 1.29 is 4.79 Å². The Morgan fingerprint density at radius 1 is 1.50 bits per heavy atom. The van der Waals surface area contributed by atoms with E-state index in [4.69, 9.17) is 5.73 Å². The average molecular weight is 264 g/mol. The lowest BCUT2D eigenvalue weighted by molar-refractivity contribution is 0.0728. The van der Waals surface area contributed by atoms with Crippen LogP contribution in [0.15, 0.2) is 11.4 Å². The molecule has 1 heterocycles. The van der Waals surface area contributed by atoms with E-state index in [9.17, 15) is 4.79 Å². The average Bonchev–Trinajstić information content (AvgIpc) is 2.84. The quantitative estimate of drug-likeness (QED) is 0.848. The molecule has 1 rings (SSSR count). The van der Waals surface area contributed by atoms with Crippen molar-refractivity contribution in [3.8, 4) is 11.8 Å². The first-order valence-corrected chi connectivity index (χ1v) is 7.07. The number of rotatable bonds is 4. The fraction of sp³-hybridized carbons (Fsp3) is 0.500. The van der Waals surface area contributed by atoms with Gasteiger partial charge in [-0.25, -0.2) is 0 Å². The summed E-state index contributed by atoms with van der Waals surface area (Å²) >= 11 is 1.44. The van der Waals surface area contributed by atoms with Crippen LogP contribution in [0.25, 0.3) is 0 Å². The first-order chi connectivity index (χ1) is 8.65. The maximum Gasteiger partial charge on any atom is 0.265 e. The summed E-state index contributed by atoms with van der Waals surface area (Å²) in [6, 6.07) is 2.16. The molecule has 18 heavy (non-hydrogen) atoms. The molecule has 0 aliphatic carbocycles. The van der Waals surface area contributed by atoms with Gasteiger partial charge in [0, 0.05) is 18.7 Å². The first-order valence-electron chi connectivity index (χ1n) is 6.19. The minimum absolute atomic E-state index is 0.0556. The van der Waals surface area contributed by atoms with E-state index in [0.29, 0.717) is 11.4 Å². The van der Waals surface area contributed by atoms with Gasteiger partial charge in [-0.2, -0.15) is 0 Å². The molecule has 0 unspecified atom stereocenters. The molecule has 98 valence electrons. The normalized spacial score (nSPS) is 10.1. The minimum Gasteiger partial charge on any atom is -0.338 e. The fourth-order valence-electron chi connectivity index (χ4n) is 1.88. The van der Waals surface area contributed by atoms with Crippen LogP contribution in [-0.2, 0) is 0 Å². The standard InChI is InChI=1S/C14H20N2OS/c1-4-12(5-2)16(3)14(17)13-11(7-6-9-15)8-10-18-13/h8,10,12H,4-5,9,15H2,1-3H3. The number of carbonyl (C=O) groups is 1. The molecule has 1 aromatic rings. The number of thiophene rings is 1. The number of nitrogens with two attached hydrogens (primary N) is 1. The summed E-state index contributed by atoms with van der Waals surface area (Å²) in [6.45, 7) is 4.51. The lowest BCUT2D eigenvalue weighted by Gasteiger charge is -2.25. The Morgan fingerprint density at radius 2 is 2.17 bits per heavy atom. The molecule has 0 spiro atoms. The molecule has 3 nitrogen and oxygen atoms in total. The van der Waals surface area contributed by atoms with E-state index in [1.807, 2.05) is 23.4 Å². The Balaban J connectivity index is 2.93. The molecule has 0 aliphatic heterocycles. The Labute approximate surface area is 113 Å². The Bertz CT molecular complexity index is 452. The monoisotopic (exact) mass is 264 g/mol. The van der Waals surface area contributed by atoms with Gasteiger partial charge in [-0.3, -0.25) is 4.79 Å². The molecule has 4 heteroatoms. The van der Waals surface area contributed by atoms with E-state index in [0.717, 1.165) is 18.4 Å². The van der Waals surface area contributed by atoms with Crippen molar-refractivity contribution in [3.63, 3.8) is 0 Å².